The molecule has 0 bridgehead atoms. The van der Waals surface area contributed by atoms with Crippen molar-refractivity contribution < 1.29 is 31.3 Å². The predicted octanol–water partition coefficient (Wildman–Crippen LogP) is 2.79. The van der Waals surface area contributed by atoms with Crippen LogP contribution in [0, 0.1) is 0 Å². The molecule has 7 heavy (non-hydrogen) atoms. The number of hydrogen-bond acceptors (Lipinski definition) is 0. The van der Waals surface area contributed by atoms with Gasteiger partial charge in [-0.2, -0.15) is 0 Å². The van der Waals surface area contributed by atoms with Crippen LogP contribution in [-0.2, 0) is 16.2 Å². The molecular formula is ClF5Nb-. The average Bonchev–Trinajstić information content (AvgIpc) is 0.592. The molecule has 0 aromatic rings. The summed E-state index contributed by atoms with van der Waals surface area (Å²) in [7, 11) is 2.90. The Morgan fingerprint density at radius 3 is 0.857 bits per heavy atom. The van der Waals surface area contributed by atoms with Gasteiger partial charge >= 0.3 is 40.5 Å². The van der Waals surface area contributed by atoms with Gasteiger partial charge in [0.1, 0.15) is 0 Å². The third-order valence-corrected chi connectivity index (χ3v) is 0. The normalized spacial score (nSPS) is 23.1. The molecule has 0 amide bonds. The van der Waals surface area contributed by atoms with Crippen molar-refractivity contribution in [2.45, 2.75) is 0 Å². The molecule has 0 aliphatic rings. The predicted molar refractivity (Wildman–Crippen MR) is 11.4 cm³/mol. The Hall–Kier alpha value is 0.680. The molecule has 0 nitrogen and oxygen atoms in total. The Bertz CT molecular complexity index is 66.6. The van der Waals surface area contributed by atoms with Crippen molar-refractivity contribution in [1.82, 2.24) is 0 Å². The second-order valence-corrected chi connectivity index (χ2v) is 9.45. The van der Waals surface area contributed by atoms with Gasteiger partial charge in [0.2, 0.25) is 0 Å². The molecule has 0 radical (unpaired) electrons. The van der Waals surface area contributed by atoms with Crippen LogP contribution in [0.5, 0.6) is 0 Å². The van der Waals surface area contributed by atoms with E-state index in [0.717, 1.165) is 0 Å². The van der Waals surface area contributed by atoms with Gasteiger partial charge in [-0.1, -0.05) is 0 Å². The van der Waals surface area contributed by atoms with Crippen molar-refractivity contribution in [3.05, 3.63) is 0 Å². The summed E-state index contributed by atoms with van der Waals surface area (Å²) in [5.74, 6) is 0. The summed E-state index contributed by atoms with van der Waals surface area (Å²) >= 11 is -10.3. The van der Waals surface area contributed by atoms with Crippen molar-refractivity contribution in [2.75, 3.05) is 0 Å². The van der Waals surface area contributed by atoms with E-state index < -0.39 is 16.2 Å². The SMILES string of the molecule is [F][Nb-]([F])([F])([F])([F])[Cl]. The number of halogens is 6. The Balaban J connectivity index is 4.43. The summed E-state index contributed by atoms with van der Waals surface area (Å²) in [4.78, 5) is 0. The molecule has 0 saturated heterocycles. The molecular weight excluding hydrogens is 223 g/mol. The van der Waals surface area contributed by atoms with Gasteiger partial charge in [0, 0.05) is 0 Å². The van der Waals surface area contributed by atoms with E-state index in [9.17, 15) is 15.1 Å². The molecule has 0 saturated carbocycles. The van der Waals surface area contributed by atoms with Gasteiger partial charge in [-0.05, 0) is 0 Å². The van der Waals surface area contributed by atoms with E-state index in [1.54, 1.807) is 0 Å². The molecule has 0 rings (SSSR count). The summed E-state index contributed by atoms with van der Waals surface area (Å²) in [5.41, 5.74) is 0. The molecule has 0 unspecified atom stereocenters. The van der Waals surface area contributed by atoms with Gasteiger partial charge in [0.05, 0.1) is 0 Å². The fourth-order valence-corrected chi connectivity index (χ4v) is 0. The third-order valence-electron chi connectivity index (χ3n) is 0. The summed E-state index contributed by atoms with van der Waals surface area (Å²) in [5, 5.41) is 0. The van der Waals surface area contributed by atoms with Crippen LogP contribution in [0.25, 0.3) is 0 Å². The number of rotatable bonds is 0. The Morgan fingerprint density at radius 2 is 0.857 bits per heavy atom. The van der Waals surface area contributed by atoms with Crippen molar-refractivity contribution in [2.24, 2.45) is 0 Å². The molecule has 0 heterocycles. The minimum atomic E-state index is -10.3. The fraction of sp³-hybridized carbons (Fsp3) is 0. The van der Waals surface area contributed by atoms with E-state index in [1.807, 2.05) is 0 Å². The molecule has 48 valence electrons. The van der Waals surface area contributed by atoms with Gasteiger partial charge in [-0.3, -0.25) is 0 Å². The van der Waals surface area contributed by atoms with E-state index in [0.29, 0.717) is 0 Å². The third kappa shape index (κ3) is 316. The zero-order valence-corrected chi connectivity index (χ0v) is 5.67. The van der Waals surface area contributed by atoms with Gasteiger partial charge in [0.25, 0.3) is 0 Å². The minimum absolute atomic E-state index is 2.90. The van der Waals surface area contributed by atoms with E-state index in [-0.39, 0.29) is 0 Å². The van der Waals surface area contributed by atoms with E-state index in [1.165, 1.54) is 0 Å². The Morgan fingerprint density at radius 1 is 0.857 bits per heavy atom. The topological polar surface area (TPSA) is 0 Å². The molecule has 0 aliphatic heterocycles. The van der Waals surface area contributed by atoms with E-state index in [4.69, 9.17) is 0 Å². The van der Waals surface area contributed by atoms with Gasteiger partial charge in [-0.25, -0.2) is 0 Å². The van der Waals surface area contributed by atoms with Crippen molar-refractivity contribution in [3.8, 4) is 0 Å². The first-order valence-corrected chi connectivity index (χ1v) is 8.00. The van der Waals surface area contributed by atoms with E-state index in [2.05, 4.69) is 9.19 Å². The standard InChI is InChI=1S/ClH.5FH.Nb/h6*1H;/q;;;;;;+5/p-6. The first kappa shape index (κ1) is 7.68. The van der Waals surface area contributed by atoms with Crippen LogP contribution < -0.4 is 0 Å². The number of hydrogen-bond donors (Lipinski definition) is 0. The molecule has 0 spiro atoms. The van der Waals surface area contributed by atoms with Gasteiger partial charge < -0.3 is 0 Å². The van der Waals surface area contributed by atoms with Crippen molar-refractivity contribution >= 4 is 9.19 Å². The first-order chi connectivity index (χ1) is 2.45. The Kier molecular flexibility index (Phi) is 0.962. The van der Waals surface area contributed by atoms with Crippen LogP contribution in [-0.4, -0.2) is 0 Å². The molecule has 7 heteroatoms. The zero-order valence-electron chi connectivity index (χ0n) is 2.72. The van der Waals surface area contributed by atoms with Crippen LogP contribution >= 0.6 is 9.19 Å². The maximum absolute atomic E-state index is 10.4. The van der Waals surface area contributed by atoms with Crippen LogP contribution in [0.4, 0.5) is 15.1 Å². The van der Waals surface area contributed by atoms with Crippen LogP contribution in [0.1, 0.15) is 0 Å². The molecule has 0 aromatic carbocycles. The fourth-order valence-electron chi connectivity index (χ4n) is 0. The average molecular weight is 223 g/mol. The molecule has 0 aliphatic carbocycles. The monoisotopic (exact) mass is 223 g/mol. The molecule has 0 atom stereocenters. The molecule has 0 aromatic heterocycles. The maximum atomic E-state index is 10.4. The summed E-state index contributed by atoms with van der Waals surface area (Å²) in [6.45, 7) is 0. The molecule has 0 fully saturated rings. The first-order valence-electron chi connectivity index (χ1n) is 1.01. The molecule has 0 N–H and O–H groups in total. The van der Waals surface area contributed by atoms with Gasteiger partial charge in [0.15, 0.2) is 0 Å². The van der Waals surface area contributed by atoms with Crippen LogP contribution in [0.15, 0.2) is 0 Å². The summed E-state index contributed by atoms with van der Waals surface area (Å²) in [6, 6.07) is 0. The summed E-state index contributed by atoms with van der Waals surface area (Å²) < 4.78 is 51.8. The Labute approximate surface area is 41.0 Å². The van der Waals surface area contributed by atoms with E-state index >= 15 is 0 Å². The zero-order chi connectivity index (χ0) is 6.41. The second kappa shape index (κ2) is 0.877. The van der Waals surface area contributed by atoms with Crippen LogP contribution in [0.3, 0.4) is 0 Å². The van der Waals surface area contributed by atoms with Crippen LogP contribution in [0.2, 0.25) is 0 Å². The van der Waals surface area contributed by atoms with Gasteiger partial charge in [-0.15, -0.1) is 0 Å². The van der Waals surface area contributed by atoms with Crippen molar-refractivity contribution in [1.29, 1.82) is 0 Å². The quantitative estimate of drug-likeness (QED) is 0.437. The van der Waals surface area contributed by atoms with Crippen molar-refractivity contribution in [3.63, 3.8) is 0 Å². The second-order valence-electron chi connectivity index (χ2n) is 0.958. The summed E-state index contributed by atoms with van der Waals surface area (Å²) in [6.07, 6.45) is 0.